The second kappa shape index (κ2) is 5.23. The Hall–Kier alpha value is -1.19. The summed E-state index contributed by atoms with van der Waals surface area (Å²) in [7, 11) is 0. The van der Waals surface area contributed by atoms with Crippen LogP contribution >= 0.6 is 27.3 Å². The zero-order valence-electron chi connectivity index (χ0n) is 8.39. The average Bonchev–Trinajstić information content (AvgIpc) is 2.75. The number of benzene rings is 1. The molecule has 1 nitrogen and oxygen atoms in total. The Morgan fingerprint density at radius 3 is 2.81 bits per heavy atom. The van der Waals surface area contributed by atoms with Crippen LogP contribution in [-0.2, 0) is 4.79 Å². The quantitative estimate of drug-likeness (QED) is 0.606. The van der Waals surface area contributed by atoms with Crippen molar-refractivity contribution >= 4 is 39.6 Å². The molecule has 1 aromatic heterocycles. The summed E-state index contributed by atoms with van der Waals surface area (Å²) in [5, 5.41) is 0. The van der Waals surface area contributed by atoms with E-state index in [1.165, 1.54) is 16.5 Å². The Bertz CT molecular complexity index is 528. The molecule has 0 bridgehead atoms. The van der Waals surface area contributed by atoms with Gasteiger partial charge in [-0.3, -0.25) is 4.79 Å². The molecule has 16 heavy (non-hydrogen) atoms. The van der Waals surface area contributed by atoms with E-state index < -0.39 is 0 Å². The molecule has 0 fully saturated rings. The fraction of sp³-hybridized carbons (Fsp3) is 0. The van der Waals surface area contributed by atoms with Crippen LogP contribution in [-0.4, -0.2) is 6.29 Å². The van der Waals surface area contributed by atoms with E-state index in [1.807, 2.05) is 24.3 Å². The first-order valence-corrected chi connectivity index (χ1v) is 6.38. The molecule has 0 aliphatic heterocycles. The monoisotopic (exact) mass is 292 g/mol. The number of allylic oxidation sites excluding steroid dienone is 1. The molecule has 0 radical (unpaired) electrons. The molecule has 1 heterocycles. The first kappa shape index (κ1) is 11.3. The first-order chi connectivity index (χ1) is 7.79. The summed E-state index contributed by atoms with van der Waals surface area (Å²) >= 11 is 5.12. The smallest absolute Gasteiger partial charge is 0.142 e. The van der Waals surface area contributed by atoms with Crippen LogP contribution in [0.2, 0.25) is 0 Å². The van der Waals surface area contributed by atoms with Crippen LogP contribution in [0.5, 0.6) is 0 Å². The van der Waals surface area contributed by atoms with Crippen molar-refractivity contribution in [2.45, 2.75) is 0 Å². The van der Waals surface area contributed by atoms with Crippen molar-refractivity contribution in [2.75, 3.05) is 0 Å². The summed E-state index contributed by atoms with van der Waals surface area (Å²) in [6.07, 6.45) is 4.12. The first-order valence-electron chi connectivity index (χ1n) is 4.77. The van der Waals surface area contributed by atoms with Crippen LogP contribution in [0.15, 0.2) is 46.9 Å². The number of thiophene rings is 1. The Morgan fingerprint density at radius 2 is 2.06 bits per heavy atom. The van der Waals surface area contributed by atoms with E-state index in [4.69, 9.17) is 0 Å². The van der Waals surface area contributed by atoms with Gasteiger partial charge in [-0.15, -0.1) is 11.3 Å². The molecule has 2 aromatic rings. The van der Waals surface area contributed by atoms with Gasteiger partial charge in [0.05, 0.1) is 0 Å². The van der Waals surface area contributed by atoms with Crippen LogP contribution in [0.1, 0.15) is 4.88 Å². The molecular formula is C13H9BrOS. The number of hydrogen-bond donors (Lipinski definition) is 0. The third kappa shape index (κ3) is 2.68. The molecule has 0 spiro atoms. The van der Waals surface area contributed by atoms with Crippen molar-refractivity contribution in [2.24, 2.45) is 0 Å². The Balaban J connectivity index is 2.31. The molecule has 0 unspecified atom stereocenters. The fourth-order valence-electron chi connectivity index (χ4n) is 1.37. The SMILES string of the molecule is O=CC=Cc1ccc(-c2cccc(Br)c2)s1. The number of halogens is 1. The molecule has 3 heteroatoms. The van der Waals surface area contributed by atoms with E-state index in [0.717, 1.165) is 15.6 Å². The minimum Gasteiger partial charge on any atom is -0.299 e. The molecule has 0 saturated carbocycles. The highest BCUT2D eigenvalue weighted by Gasteiger charge is 2.01. The lowest BCUT2D eigenvalue weighted by Gasteiger charge is -1.96. The lowest BCUT2D eigenvalue weighted by atomic mass is 10.2. The summed E-state index contributed by atoms with van der Waals surface area (Å²) in [4.78, 5) is 12.5. The predicted octanol–water partition coefficient (Wildman–Crippen LogP) is 4.39. The van der Waals surface area contributed by atoms with Crippen LogP contribution < -0.4 is 0 Å². The van der Waals surface area contributed by atoms with Crippen molar-refractivity contribution in [3.05, 3.63) is 51.8 Å². The predicted molar refractivity (Wildman–Crippen MR) is 72.6 cm³/mol. The molecule has 0 N–H and O–H groups in total. The van der Waals surface area contributed by atoms with Crippen LogP contribution in [0.25, 0.3) is 16.5 Å². The molecule has 1 aromatic carbocycles. The molecule has 0 saturated heterocycles. The van der Waals surface area contributed by atoms with Gasteiger partial charge >= 0.3 is 0 Å². The molecule has 80 valence electrons. The minimum absolute atomic E-state index is 0.790. The molecule has 0 atom stereocenters. The summed E-state index contributed by atoms with van der Waals surface area (Å²) in [5.74, 6) is 0. The van der Waals surface area contributed by atoms with Gasteiger partial charge in [-0.05, 0) is 42.0 Å². The molecular weight excluding hydrogens is 284 g/mol. The molecule has 0 amide bonds. The summed E-state index contributed by atoms with van der Waals surface area (Å²) in [5.41, 5.74) is 1.19. The van der Waals surface area contributed by atoms with Gasteiger partial charge in [-0.25, -0.2) is 0 Å². The maximum Gasteiger partial charge on any atom is 0.142 e. The number of rotatable bonds is 3. The van der Waals surface area contributed by atoms with Crippen molar-refractivity contribution in [3.63, 3.8) is 0 Å². The second-order valence-corrected chi connectivity index (χ2v) is 5.24. The third-order valence-electron chi connectivity index (χ3n) is 2.07. The van der Waals surface area contributed by atoms with E-state index in [-0.39, 0.29) is 0 Å². The maximum atomic E-state index is 10.2. The van der Waals surface area contributed by atoms with Gasteiger partial charge < -0.3 is 0 Å². The van der Waals surface area contributed by atoms with E-state index >= 15 is 0 Å². The van der Waals surface area contributed by atoms with Crippen LogP contribution in [0, 0.1) is 0 Å². The normalized spacial score (nSPS) is 10.8. The number of carbonyl (C=O) groups is 1. The lowest BCUT2D eigenvalue weighted by molar-refractivity contribution is -0.104. The lowest BCUT2D eigenvalue weighted by Crippen LogP contribution is -1.70. The van der Waals surface area contributed by atoms with Gasteiger partial charge in [-0.2, -0.15) is 0 Å². The van der Waals surface area contributed by atoms with E-state index in [0.29, 0.717) is 0 Å². The highest BCUT2D eigenvalue weighted by atomic mass is 79.9. The number of hydrogen-bond acceptors (Lipinski definition) is 2. The number of aldehydes is 1. The maximum absolute atomic E-state index is 10.2. The van der Waals surface area contributed by atoms with Crippen molar-refractivity contribution in [1.29, 1.82) is 0 Å². The van der Waals surface area contributed by atoms with Gasteiger partial charge in [0.15, 0.2) is 0 Å². The summed E-state index contributed by atoms with van der Waals surface area (Å²) < 4.78 is 1.07. The van der Waals surface area contributed by atoms with Gasteiger partial charge in [-0.1, -0.05) is 28.1 Å². The van der Waals surface area contributed by atoms with Crippen LogP contribution in [0.4, 0.5) is 0 Å². The Kier molecular flexibility index (Phi) is 3.70. The van der Waals surface area contributed by atoms with E-state index in [9.17, 15) is 4.79 Å². The van der Waals surface area contributed by atoms with E-state index in [1.54, 1.807) is 11.3 Å². The zero-order valence-corrected chi connectivity index (χ0v) is 10.8. The Morgan fingerprint density at radius 1 is 1.19 bits per heavy atom. The molecule has 0 aliphatic carbocycles. The fourth-order valence-corrected chi connectivity index (χ4v) is 2.69. The van der Waals surface area contributed by atoms with Gasteiger partial charge in [0.2, 0.25) is 0 Å². The van der Waals surface area contributed by atoms with Crippen molar-refractivity contribution < 1.29 is 4.79 Å². The van der Waals surface area contributed by atoms with Gasteiger partial charge in [0, 0.05) is 14.2 Å². The third-order valence-corrected chi connectivity index (χ3v) is 3.67. The average molecular weight is 293 g/mol. The van der Waals surface area contributed by atoms with Crippen LogP contribution in [0.3, 0.4) is 0 Å². The second-order valence-electron chi connectivity index (χ2n) is 3.21. The summed E-state index contributed by atoms with van der Waals surface area (Å²) in [6, 6.07) is 12.3. The highest BCUT2D eigenvalue weighted by molar-refractivity contribution is 9.10. The largest absolute Gasteiger partial charge is 0.299 e. The highest BCUT2D eigenvalue weighted by Crippen LogP contribution is 2.30. The Labute approximate surface area is 107 Å². The standard InChI is InChI=1S/C13H9BrOS/c14-11-4-1-3-10(9-11)13-7-6-12(16-13)5-2-8-15/h1-9H. The van der Waals surface area contributed by atoms with Gasteiger partial charge in [0.25, 0.3) is 0 Å². The van der Waals surface area contributed by atoms with Crippen molar-refractivity contribution in [3.8, 4) is 10.4 Å². The minimum atomic E-state index is 0.790. The van der Waals surface area contributed by atoms with E-state index in [2.05, 4.69) is 34.1 Å². The number of carbonyl (C=O) groups excluding carboxylic acids is 1. The molecule has 2 rings (SSSR count). The zero-order chi connectivity index (χ0) is 11.4. The summed E-state index contributed by atoms with van der Waals surface area (Å²) in [6.45, 7) is 0. The van der Waals surface area contributed by atoms with Crippen molar-refractivity contribution in [1.82, 2.24) is 0 Å². The van der Waals surface area contributed by atoms with Gasteiger partial charge in [0.1, 0.15) is 6.29 Å². The molecule has 0 aliphatic rings. The topological polar surface area (TPSA) is 17.1 Å².